The zero-order valence-corrected chi connectivity index (χ0v) is 11.0. The Morgan fingerprint density at radius 3 is 2.29 bits per heavy atom. The highest BCUT2D eigenvalue weighted by molar-refractivity contribution is 5.79. The molecule has 17 heavy (non-hydrogen) atoms. The van der Waals surface area contributed by atoms with Crippen LogP contribution < -0.4 is 5.32 Å². The van der Waals surface area contributed by atoms with E-state index >= 15 is 0 Å². The van der Waals surface area contributed by atoms with Gasteiger partial charge in [0.15, 0.2) is 0 Å². The summed E-state index contributed by atoms with van der Waals surface area (Å²) in [6.07, 6.45) is 5.04. The topological polar surface area (TPSA) is 32.3 Å². The van der Waals surface area contributed by atoms with Gasteiger partial charge in [-0.1, -0.05) is 12.2 Å². The maximum Gasteiger partial charge on any atom is 0.224 e. The van der Waals surface area contributed by atoms with Crippen LogP contribution >= 0.6 is 0 Å². The van der Waals surface area contributed by atoms with Crippen molar-refractivity contribution in [3.05, 3.63) is 25.3 Å². The van der Waals surface area contributed by atoms with E-state index in [0.29, 0.717) is 12.1 Å². The maximum absolute atomic E-state index is 12.0. The molecule has 3 nitrogen and oxygen atoms in total. The summed E-state index contributed by atoms with van der Waals surface area (Å²) in [7, 11) is 0. The lowest BCUT2D eigenvalue weighted by Gasteiger charge is -2.42. The van der Waals surface area contributed by atoms with E-state index in [2.05, 4.69) is 37.2 Å². The minimum absolute atomic E-state index is 0.00176. The molecular weight excluding hydrogens is 212 g/mol. The van der Waals surface area contributed by atoms with Crippen LogP contribution in [0.3, 0.4) is 0 Å². The molecule has 3 heteroatoms. The van der Waals surface area contributed by atoms with Gasteiger partial charge in [0.25, 0.3) is 0 Å². The number of hydrogen-bond acceptors (Lipinski definition) is 2. The first kappa shape index (κ1) is 14.0. The van der Waals surface area contributed by atoms with E-state index in [1.54, 1.807) is 12.2 Å². The van der Waals surface area contributed by atoms with E-state index < -0.39 is 0 Å². The van der Waals surface area contributed by atoms with Crippen molar-refractivity contribution in [1.29, 1.82) is 0 Å². The fourth-order valence-corrected chi connectivity index (χ4v) is 2.06. The van der Waals surface area contributed by atoms with Crippen molar-refractivity contribution in [2.75, 3.05) is 13.1 Å². The van der Waals surface area contributed by atoms with Crippen LogP contribution in [0.2, 0.25) is 0 Å². The zero-order valence-electron chi connectivity index (χ0n) is 11.0. The minimum atomic E-state index is -0.00176. The van der Waals surface area contributed by atoms with Crippen LogP contribution in [0.25, 0.3) is 0 Å². The Morgan fingerprint density at radius 1 is 1.35 bits per heavy atom. The summed E-state index contributed by atoms with van der Waals surface area (Å²) in [6.45, 7) is 13.7. The first-order chi connectivity index (χ1) is 8.08. The number of nitrogens with zero attached hydrogens (tertiary/aromatic N) is 1. The fraction of sp³-hybridized carbons (Fsp3) is 0.643. The Bertz CT molecular complexity index is 270. The second kappa shape index (κ2) is 6.60. The zero-order chi connectivity index (χ0) is 12.8. The van der Waals surface area contributed by atoms with E-state index in [9.17, 15) is 4.79 Å². The van der Waals surface area contributed by atoms with Crippen LogP contribution in [0.1, 0.15) is 26.7 Å². The molecule has 0 aromatic rings. The lowest BCUT2D eigenvalue weighted by molar-refractivity contribution is -0.126. The van der Waals surface area contributed by atoms with Crippen molar-refractivity contribution in [3.8, 4) is 0 Å². The summed E-state index contributed by atoms with van der Waals surface area (Å²) in [5.74, 6) is 0.135. The van der Waals surface area contributed by atoms with Crippen LogP contribution in [0.5, 0.6) is 0 Å². The number of carbonyl (C=O) groups excluding carboxylic acids is 1. The van der Waals surface area contributed by atoms with Crippen LogP contribution in [0.15, 0.2) is 25.3 Å². The molecule has 0 saturated carbocycles. The smallest absolute Gasteiger partial charge is 0.224 e. The monoisotopic (exact) mass is 236 g/mol. The van der Waals surface area contributed by atoms with E-state index in [1.807, 2.05) is 0 Å². The van der Waals surface area contributed by atoms with E-state index in [0.717, 1.165) is 25.9 Å². The van der Waals surface area contributed by atoms with Gasteiger partial charge in [-0.2, -0.15) is 0 Å². The molecule has 0 unspecified atom stereocenters. The molecule has 1 fully saturated rings. The number of carbonyl (C=O) groups is 1. The SMILES string of the molecule is C=CCC(CC=C)C(=O)NC1CN(C(C)C)C1. The molecule has 0 atom stereocenters. The predicted octanol–water partition coefficient (Wildman–Crippen LogP) is 1.96. The highest BCUT2D eigenvalue weighted by Gasteiger charge is 2.30. The average Bonchev–Trinajstić information content (AvgIpc) is 2.21. The molecule has 1 saturated heterocycles. The lowest BCUT2D eigenvalue weighted by atomic mass is 9.98. The first-order valence-electron chi connectivity index (χ1n) is 6.34. The third-order valence-corrected chi connectivity index (χ3v) is 3.26. The molecule has 0 bridgehead atoms. The number of likely N-dealkylation sites (tertiary alicyclic amines) is 1. The van der Waals surface area contributed by atoms with Crippen LogP contribution in [-0.2, 0) is 4.79 Å². The molecule has 1 N–H and O–H groups in total. The summed E-state index contributed by atoms with van der Waals surface area (Å²) in [4.78, 5) is 14.3. The Morgan fingerprint density at radius 2 is 1.88 bits per heavy atom. The fourth-order valence-electron chi connectivity index (χ4n) is 2.06. The molecule has 1 rings (SSSR count). The van der Waals surface area contributed by atoms with E-state index in [-0.39, 0.29) is 11.8 Å². The standard InChI is InChI=1S/C14H24N2O/c1-5-7-12(8-6-2)14(17)15-13-9-16(10-13)11(3)4/h5-6,11-13H,1-2,7-10H2,3-4H3,(H,15,17). The molecule has 96 valence electrons. The molecular formula is C14H24N2O. The molecule has 1 aliphatic rings. The van der Waals surface area contributed by atoms with Crippen LogP contribution in [0, 0.1) is 5.92 Å². The molecule has 0 aromatic heterocycles. The third-order valence-electron chi connectivity index (χ3n) is 3.26. The van der Waals surface area contributed by atoms with Gasteiger partial charge in [0.05, 0.1) is 6.04 Å². The Hall–Kier alpha value is -1.09. The summed E-state index contributed by atoms with van der Waals surface area (Å²) in [5, 5.41) is 3.09. The molecule has 1 aliphatic heterocycles. The van der Waals surface area contributed by atoms with Gasteiger partial charge in [0.1, 0.15) is 0 Å². The maximum atomic E-state index is 12.0. The van der Waals surface area contributed by atoms with Gasteiger partial charge in [0, 0.05) is 25.0 Å². The van der Waals surface area contributed by atoms with Crippen molar-refractivity contribution in [2.45, 2.75) is 38.8 Å². The number of allylic oxidation sites excluding steroid dienone is 2. The highest BCUT2D eigenvalue weighted by Crippen LogP contribution is 2.15. The highest BCUT2D eigenvalue weighted by atomic mass is 16.2. The summed E-state index contributed by atoms with van der Waals surface area (Å²) in [6, 6.07) is 0.891. The van der Waals surface area contributed by atoms with Crippen molar-refractivity contribution in [3.63, 3.8) is 0 Å². The summed E-state index contributed by atoms with van der Waals surface area (Å²) >= 11 is 0. The van der Waals surface area contributed by atoms with Gasteiger partial charge in [0.2, 0.25) is 5.91 Å². The van der Waals surface area contributed by atoms with Gasteiger partial charge in [-0.15, -0.1) is 13.2 Å². The van der Waals surface area contributed by atoms with Gasteiger partial charge < -0.3 is 5.32 Å². The Labute approximate surface area is 105 Å². The normalized spacial score (nSPS) is 16.9. The quantitative estimate of drug-likeness (QED) is 0.685. The Kier molecular flexibility index (Phi) is 5.42. The third kappa shape index (κ3) is 4.00. The van der Waals surface area contributed by atoms with Crippen molar-refractivity contribution < 1.29 is 4.79 Å². The van der Waals surface area contributed by atoms with Crippen molar-refractivity contribution in [1.82, 2.24) is 10.2 Å². The number of hydrogen-bond donors (Lipinski definition) is 1. The first-order valence-corrected chi connectivity index (χ1v) is 6.34. The number of nitrogens with one attached hydrogen (secondary N) is 1. The van der Waals surface area contributed by atoms with Gasteiger partial charge in [-0.3, -0.25) is 9.69 Å². The van der Waals surface area contributed by atoms with Crippen molar-refractivity contribution >= 4 is 5.91 Å². The predicted molar refractivity (Wildman–Crippen MR) is 71.8 cm³/mol. The number of rotatable bonds is 7. The second-order valence-electron chi connectivity index (χ2n) is 5.00. The lowest BCUT2D eigenvalue weighted by Crippen LogP contribution is -2.61. The second-order valence-corrected chi connectivity index (χ2v) is 5.00. The van der Waals surface area contributed by atoms with Crippen LogP contribution in [-0.4, -0.2) is 36.0 Å². The van der Waals surface area contributed by atoms with Crippen LogP contribution in [0.4, 0.5) is 0 Å². The molecule has 0 aromatic carbocycles. The minimum Gasteiger partial charge on any atom is -0.351 e. The molecule has 0 aliphatic carbocycles. The summed E-state index contributed by atoms with van der Waals surface area (Å²) in [5.41, 5.74) is 0. The molecule has 0 radical (unpaired) electrons. The molecule has 1 heterocycles. The van der Waals surface area contributed by atoms with Gasteiger partial charge in [-0.05, 0) is 26.7 Å². The van der Waals surface area contributed by atoms with E-state index in [1.165, 1.54) is 0 Å². The largest absolute Gasteiger partial charge is 0.351 e. The Balaban J connectivity index is 2.33. The number of amides is 1. The average molecular weight is 236 g/mol. The molecule has 1 amide bonds. The molecule has 0 spiro atoms. The van der Waals surface area contributed by atoms with Gasteiger partial charge >= 0.3 is 0 Å². The summed E-state index contributed by atoms with van der Waals surface area (Å²) < 4.78 is 0. The van der Waals surface area contributed by atoms with Gasteiger partial charge in [-0.25, -0.2) is 0 Å². The van der Waals surface area contributed by atoms with E-state index in [4.69, 9.17) is 0 Å². The van der Waals surface area contributed by atoms with Crippen molar-refractivity contribution in [2.24, 2.45) is 5.92 Å².